The molecule has 1 aromatic heterocycles. The third-order valence-corrected chi connectivity index (χ3v) is 4.35. The number of alkyl halides is 3. The standard InChI is InChI=1S/C12H7F3O2S.C9H15NO.CH4O/c13-12(14,15)17-10-3-1-8(2-4-10)9-5-11(6-16)18-7-9;1-2-9(10)7-5-3-4-6-8-11;1-2/h1-7H;2,5,7-8H,3-4,6,10H2,1H3;2H,1H3/b;7-5-,9-2+;. The predicted molar refractivity (Wildman–Crippen MR) is 117 cm³/mol. The number of thiophene rings is 1. The Bertz CT molecular complexity index is 828. The van der Waals surface area contributed by atoms with Crippen LogP contribution in [0.5, 0.6) is 5.75 Å². The molecule has 2 aromatic rings. The highest BCUT2D eigenvalue weighted by Crippen LogP contribution is 2.28. The summed E-state index contributed by atoms with van der Waals surface area (Å²) in [5, 5.41) is 8.77. The number of aliphatic hydroxyl groups is 1. The van der Waals surface area contributed by atoms with Crippen molar-refractivity contribution in [2.24, 2.45) is 5.73 Å². The van der Waals surface area contributed by atoms with Crippen molar-refractivity contribution in [1.29, 1.82) is 0 Å². The molecule has 0 unspecified atom stereocenters. The number of aliphatic hydroxyl groups excluding tert-OH is 1. The van der Waals surface area contributed by atoms with E-state index in [0.717, 1.165) is 49.3 Å². The fourth-order valence-electron chi connectivity index (χ4n) is 2.05. The minimum absolute atomic E-state index is 0.267. The Balaban J connectivity index is 0.000000599. The number of carbonyl (C=O) groups excluding carboxylic acids is 2. The van der Waals surface area contributed by atoms with Gasteiger partial charge in [-0.25, -0.2) is 0 Å². The molecule has 0 bridgehead atoms. The zero-order chi connectivity index (χ0) is 23.7. The van der Waals surface area contributed by atoms with E-state index in [1.54, 1.807) is 11.4 Å². The lowest BCUT2D eigenvalue weighted by Gasteiger charge is -2.08. The van der Waals surface area contributed by atoms with Gasteiger partial charge in [-0.15, -0.1) is 24.5 Å². The van der Waals surface area contributed by atoms with Gasteiger partial charge in [-0.2, -0.15) is 0 Å². The van der Waals surface area contributed by atoms with Gasteiger partial charge in [-0.05, 0) is 60.5 Å². The van der Waals surface area contributed by atoms with Crippen LogP contribution in [0.4, 0.5) is 13.2 Å². The van der Waals surface area contributed by atoms with Crippen molar-refractivity contribution in [1.82, 2.24) is 0 Å². The van der Waals surface area contributed by atoms with Crippen LogP contribution in [0.25, 0.3) is 11.1 Å². The monoisotopic (exact) mass is 457 g/mol. The molecule has 170 valence electrons. The largest absolute Gasteiger partial charge is 0.573 e. The fourth-order valence-corrected chi connectivity index (χ4v) is 2.77. The Labute approximate surface area is 183 Å². The summed E-state index contributed by atoms with van der Waals surface area (Å²) in [7, 11) is 1.00. The Hall–Kier alpha value is -2.91. The van der Waals surface area contributed by atoms with E-state index in [2.05, 4.69) is 4.74 Å². The molecule has 0 saturated carbocycles. The number of hydrogen-bond donors (Lipinski definition) is 2. The molecular formula is C22H26F3NO4S. The zero-order valence-corrected chi connectivity index (χ0v) is 18.1. The number of carbonyl (C=O) groups is 2. The third-order valence-electron chi connectivity index (χ3n) is 3.49. The zero-order valence-electron chi connectivity index (χ0n) is 17.3. The summed E-state index contributed by atoms with van der Waals surface area (Å²) in [6, 6.07) is 7.18. The van der Waals surface area contributed by atoms with E-state index in [9.17, 15) is 22.8 Å². The second-order valence-corrected chi connectivity index (χ2v) is 6.66. The summed E-state index contributed by atoms with van der Waals surface area (Å²) in [4.78, 5) is 21.0. The van der Waals surface area contributed by atoms with Gasteiger partial charge in [-0.3, -0.25) is 4.79 Å². The fraction of sp³-hybridized carbons (Fsp3) is 0.273. The topological polar surface area (TPSA) is 89.6 Å². The maximum Gasteiger partial charge on any atom is 0.573 e. The molecule has 0 aliphatic heterocycles. The molecule has 0 amide bonds. The van der Waals surface area contributed by atoms with E-state index >= 15 is 0 Å². The van der Waals surface area contributed by atoms with Gasteiger partial charge in [0.1, 0.15) is 12.0 Å². The van der Waals surface area contributed by atoms with Crippen LogP contribution in [0, 0.1) is 0 Å². The van der Waals surface area contributed by atoms with Crippen molar-refractivity contribution in [3.05, 3.63) is 64.5 Å². The first-order valence-corrected chi connectivity index (χ1v) is 10.0. The maximum absolute atomic E-state index is 12.0. The maximum atomic E-state index is 12.0. The van der Waals surface area contributed by atoms with Crippen LogP contribution >= 0.6 is 11.3 Å². The molecule has 0 atom stereocenters. The normalized spacial score (nSPS) is 11.1. The molecule has 0 fully saturated rings. The van der Waals surface area contributed by atoms with E-state index in [4.69, 9.17) is 10.8 Å². The summed E-state index contributed by atoms with van der Waals surface area (Å²) in [5.74, 6) is -0.267. The van der Waals surface area contributed by atoms with Crippen LogP contribution in [0.1, 0.15) is 35.9 Å². The molecule has 5 nitrogen and oxygen atoms in total. The quantitative estimate of drug-likeness (QED) is 0.310. The summed E-state index contributed by atoms with van der Waals surface area (Å²) in [5.41, 5.74) is 7.79. The Morgan fingerprint density at radius 3 is 2.26 bits per heavy atom. The van der Waals surface area contributed by atoms with Crippen LogP contribution in [0.15, 0.2) is 59.6 Å². The Kier molecular flexibility index (Phi) is 14.4. The van der Waals surface area contributed by atoms with E-state index < -0.39 is 6.36 Å². The first kappa shape index (κ1) is 28.1. The Morgan fingerprint density at radius 1 is 1.13 bits per heavy atom. The van der Waals surface area contributed by atoms with Crippen molar-refractivity contribution >= 4 is 23.9 Å². The van der Waals surface area contributed by atoms with E-state index in [0.29, 0.717) is 11.3 Å². The summed E-state index contributed by atoms with van der Waals surface area (Å²) < 4.78 is 39.6. The van der Waals surface area contributed by atoms with E-state index in [1.165, 1.54) is 35.6 Å². The SMILES string of the molecule is C/C=C(N)\C=C/CCCC=O.CO.O=Cc1cc(-c2ccc(OC(F)(F)F)cc2)cs1. The average molecular weight is 458 g/mol. The van der Waals surface area contributed by atoms with Gasteiger partial charge in [0.05, 0.1) is 4.88 Å². The minimum Gasteiger partial charge on any atom is -0.406 e. The highest BCUT2D eigenvalue weighted by molar-refractivity contribution is 7.12. The Morgan fingerprint density at radius 2 is 1.77 bits per heavy atom. The van der Waals surface area contributed by atoms with Crippen LogP contribution in [0.2, 0.25) is 0 Å². The molecule has 1 aromatic carbocycles. The van der Waals surface area contributed by atoms with Crippen molar-refractivity contribution in [2.75, 3.05) is 7.11 Å². The number of hydrogen-bond acceptors (Lipinski definition) is 6. The molecule has 0 spiro atoms. The number of unbranched alkanes of at least 4 members (excludes halogenated alkanes) is 2. The van der Waals surface area contributed by atoms with Gasteiger partial charge in [-0.1, -0.05) is 24.3 Å². The third kappa shape index (κ3) is 13.1. The molecule has 0 aliphatic rings. The molecule has 31 heavy (non-hydrogen) atoms. The number of nitrogens with two attached hydrogens (primary N) is 1. The average Bonchev–Trinajstić information content (AvgIpc) is 3.24. The molecule has 0 saturated heterocycles. The van der Waals surface area contributed by atoms with Crippen LogP contribution < -0.4 is 10.5 Å². The second-order valence-electron chi connectivity index (χ2n) is 5.72. The van der Waals surface area contributed by atoms with Crippen molar-refractivity contribution < 1.29 is 32.6 Å². The van der Waals surface area contributed by atoms with E-state index in [1.807, 2.05) is 25.2 Å². The molecule has 2 rings (SSSR count). The molecule has 3 N–H and O–H groups in total. The van der Waals surface area contributed by atoms with Crippen molar-refractivity contribution in [3.8, 4) is 16.9 Å². The van der Waals surface area contributed by atoms with Gasteiger partial charge >= 0.3 is 6.36 Å². The van der Waals surface area contributed by atoms with Gasteiger partial charge < -0.3 is 20.4 Å². The van der Waals surface area contributed by atoms with Crippen molar-refractivity contribution in [3.63, 3.8) is 0 Å². The molecule has 1 heterocycles. The number of halogens is 3. The first-order chi connectivity index (χ1) is 14.8. The van der Waals surface area contributed by atoms with E-state index in [-0.39, 0.29) is 5.75 Å². The lowest BCUT2D eigenvalue weighted by Crippen LogP contribution is -2.16. The molecule has 0 aliphatic carbocycles. The van der Waals surface area contributed by atoms with Gasteiger partial charge in [0.25, 0.3) is 0 Å². The summed E-state index contributed by atoms with van der Waals surface area (Å²) in [6.07, 6.45) is 5.15. The molecule has 0 radical (unpaired) electrons. The smallest absolute Gasteiger partial charge is 0.406 e. The lowest BCUT2D eigenvalue weighted by molar-refractivity contribution is -0.274. The lowest BCUT2D eigenvalue weighted by atomic mass is 10.1. The first-order valence-electron chi connectivity index (χ1n) is 9.15. The molecular weight excluding hydrogens is 431 g/mol. The predicted octanol–water partition coefficient (Wildman–Crippen LogP) is 5.51. The number of benzene rings is 1. The summed E-state index contributed by atoms with van der Waals surface area (Å²) >= 11 is 1.28. The molecule has 9 heteroatoms. The highest BCUT2D eigenvalue weighted by atomic mass is 32.1. The summed E-state index contributed by atoms with van der Waals surface area (Å²) in [6.45, 7) is 1.89. The second kappa shape index (κ2) is 15.9. The number of aldehydes is 2. The number of allylic oxidation sites excluding steroid dienone is 3. The minimum atomic E-state index is -4.69. The van der Waals surface area contributed by atoms with Gasteiger partial charge in [0.15, 0.2) is 6.29 Å². The van der Waals surface area contributed by atoms with Crippen LogP contribution in [0.3, 0.4) is 0 Å². The van der Waals surface area contributed by atoms with Crippen LogP contribution in [-0.2, 0) is 4.79 Å². The van der Waals surface area contributed by atoms with Gasteiger partial charge in [0, 0.05) is 19.2 Å². The number of ether oxygens (including phenoxy) is 1. The van der Waals surface area contributed by atoms with Crippen LogP contribution in [-0.4, -0.2) is 31.2 Å². The van der Waals surface area contributed by atoms with Crippen molar-refractivity contribution in [2.45, 2.75) is 32.5 Å². The number of rotatable bonds is 8. The highest BCUT2D eigenvalue weighted by Gasteiger charge is 2.30. The van der Waals surface area contributed by atoms with Gasteiger partial charge in [0.2, 0.25) is 0 Å².